The van der Waals surface area contributed by atoms with Crippen LogP contribution in [0.4, 0.5) is 4.39 Å². The van der Waals surface area contributed by atoms with Gasteiger partial charge in [-0.25, -0.2) is 4.39 Å². The summed E-state index contributed by atoms with van der Waals surface area (Å²) in [6.07, 6.45) is -0.690. The molecule has 0 saturated carbocycles. The fourth-order valence-electron chi connectivity index (χ4n) is 0.706. The van der Waals surface area contributed by atoms with Crippen LogP contribution in [0.3, 0.4) is 0 Å². The summed E-state index contributed by atoms with van der Waals surface area (Å²) in [5, 5.41) is 3.04. The Bertz CT molecular complexity index is 70.8. The molecule has 2 atom stereocenters. The van der Waals surface area contributed by atoms with Gasteiger partial charge >= 0.3 is 0 Å². The Labute approximate surface area is 53.0 Å². The molecule has 1 rings (SSSR count). The van der Waals surface area contributed by atoms with Crippen molar-refractivity contribution >= 4 is 11.8 Å². The van der Waals surface area contributed by atoms with E-state index >= 15 is 0 Å². The first kappa shape index (κ1) is 6.36. The molecule has 48 valence electrons. The highest BCUT2D eigenvalue weighted by Gasteiger charge is 2.19. The molecule has 1 nitrogen and oxygen atoms in total. The second-order valence-electron chi connectivity index (χ2n) is 2.00. The second-order valence-corrected chi connectivity index (χ2v) is 3.03. The van der Waals surface area contributed by atoms with E-state index in [0.717, 1.165) is 11.6 Å². The minimum atomic E-state index is -0.690. The van der Waals surface area contributed by atoms with E-state index in [1.807, 2.05) is 0 Å². The van der Waals surface area contributed by atoms with Crippen LogP contribution < -0.4 is 5.32 Å². The van der Waals surface area contributed by atoms with E-state index < -0.39 is 6.17 Å². The highest BCUT2D eigenvalue weighted by atomic mass is 32.2. The third kappa shape index (κ3) is 1.36. The Kier molecular flexibility index (Phi) is 2.14. The molecule has 0 spiro atoms. The van der Waals surface area contributed by atoms with Gasteiger partial charge in [0.1, 0.15) is 6.17 Å². The van der Waals surface area contributed by atoms with Gasteiger partial charge in [-0.1, -0.05) is 0 Å². The van der Waals surface area contributed by atoms with Crippen molar-refractivity contribution in [3.05, 3.63) is 0 Å². The maximum Gasteiger partial charge on any atom is 0.113 e. The van der Waals surface area contributed by atoms with Crippen molar-refractivity contribution in [2.24, 2.45) is 0 Å². The average molecular weight is 135 g/mol. The molecule has 0 amide bonds. The number of thioether (sulfide) groups is 1. The molecule has 1 saturated heterocycles. The molecule has 1 aliphatic heterocycles. The fraction of sp³-hybridized carbons (Fsp3) is 1.00. The third-order valence-electron chi connectivity index (χ3n) is 1.30. The lowest BCUT2D eigenvalue weighted by Crippen LogP contribution is -2.31. The van der Waals surface area contributed by atoms with Crippen LogP contribution in [0.5, 0.6) is 0 Å². The van der Waals surface area contributed by atoms with Gasteiger partial charge in [0.15, 0.2) is 0 Å². The van der Waals surface area contributed by atoms with Gasteiger partial charge in [0.2, 0.25) is 0 Å². The molecule has 2 unspecified atom stereocenters. The SMILES string of the molecule is CC(F)C1CSCN1. The predicted octanol–water partition coefficient (Wildman–Crippen LogP) is 1.01. The smallest absolute Gasteiger partial charge is 0.113 e. The average Bonchev–Trinajstić information content (AvgIpc) is 2.12. The molecule has 0 bridgehead atoms. The Balaban J connectivity index is 2.24. The van der Waals surface area contributed by atoms with Crippen LogP contribution in [-0.4, -0.2) is 23.8 Å². The summed E-state index contributed by atoms with van der Waals surface area (Å²) in [4.78, 5) is 0. The second kappa shape index (κ2) is 2.69. The highest BCUT2D eigenvalue weighted by molar-refractivity contribution is 7.99. The molecule has 0 aromatic rings. The van der Waals surface area contributed by atoms with Crippen molar-refractivity contribution < 1.29 is 4.39 Å². The van der Waals surface area contributed by atoms with Gasteiger partial charge in [0.05, 0.1) is 0 Å². The van der Waals surface area contributed by atoms with Crippen molar-refractivity contribution in [2.75, 3.05) is 11.6 Å². The maximum atomic E-state index is 12.3. The Hall–Kier alpha value is 0.240. The van der Waals surface area contributed by atoms with Gasteiger partial charge in [-0.05, 0) is 6.92 Å². The van der Waals surface area contributed by atoms with Crippen molar-refractivity contribution in [3.63, 3.8) is 0 Å². The summed E-state index contributed by atoms with van der Waals surface area (Å²) in [5.74, 6) is 1.84. The number of rotatable bonds is 1. The van der Waals surface area contributed by atoms with E-state index in [9.17, 15) is 4.39 Å². The number of alkyl halides is 1. The molecule has 1 fully saturated rings. The molecule has 1 N–H and O–H groups in total. The van der Waals surface area contributed by atoms with Gasteiger partial charge in [-0.15, -0.1) is 11.8 Å². The van der Waals surface area contributed by atoms with Crippen LogP contribution in [0.2, 0.25) is 0 Å². The van der Waals surface area contributed by atoms with Crippen LogP contribution in [0.15, 0.2) is 0 Å². The van der Waals surface area contributed by atoms with E-state index in [4.69, 9.17) is 0 Å². The van der Waals surface area contributed by atoms with E-state index in [1.165, 1.54) is 0 Å². The van der Waals surface area contributed by atoms with Crippen molar-refractivity contribution in [1.82, 2.24) is 5.32 Å². The summed E-state index contributed by atoms with van der Waals surface area (Å²) < 4.78 is 12.3. The molecule has 0 aliphatic carbocycles. The Morgan fingerprint density at radius 1 is 1.88 bits per heavy atom. The number of hydrogen-bond acceptors (Lipinski definition) is 2. The largest absolute Gasteiger partial charge is 0.301 e. The minimum Gasteiger partial charge on any atom is -0.301 e. The number of hydrogen-bond donors (Lipinski definition) is 1. The van der Waals surface area contributed by atoms with E-state index in [1.54, 1.807) is 18.7 Å². The van der Waals surface area contributed by atoms with Gasteiger partial charge in [-0.3, -0.25) is 0 Å². The summed E-state index contributed by atoms with van der Waals surface area (Å²) in [5.41, 5.74) is 0. The van der Waals surface area contributed by atoms with Gasteiger partial charge in [0, 0.05) is 17.7 Å². The normalized spacial score (nSPS) is 33.0. The van der Waals surface area contributed by atoms with Crippen LogP contribution in [0.1, 0.15) is 6.92 Å². The molecular formula is C5H10FNS. The maximum absolute atomic E-state index is 12.3. The van der Waals surface area contributed by atoms with Crippen molar-refractivity contribution in [1.29, 1.82) is 0 Å². The number of halogens is 1. The lowest BCUT2D eigenvalue weighted by molar-refractivity contribution is 0.299. The summed E-state index contributed by atoms with van der Waals surface area (Å²) in [6.45, 7) is 1.60. The monoisotopic (exact) mass is 135 g/mol. The van der Waals surface area contributed by atoms with Crippen LogP contribution in [0.25, 0.3) is 0 Å². The first-order chi connectivity index (χ1) is 3.80. The topological polar surface area (TPSA) is 12.0 Å². The van der Waals surface area contributed by atoms with E-state index in [0.29, 0.717) is 0 Å². The minimum absolute atomic E-state index is 0.111. The standard InChI is InChI=1S/C5H10FNS/c1-4(6)5-2-8-3-7-5/h4-5,7H,2-3H2,1H3. The molecule has 0 radical (unpaired) electrons. The number of nitrogens with one attached hydrogen (secondary N) is 1. The predicted molar refractivity (Wildman–Crippen MR) is 34.8 cm³/mol. The summed E-state index contributed by atoms with van der Waals surface area (Å²) in [6, 6.07) is 0.111. The van der Waals surface area contributed by atoms with E-state index in [2.05, 4.69) is 5.32 Å². The first-order valence-corrected chi connectivity index (χ1v) is 3.91. The zero-order valence-electron chi connectivity index (χ0n) is 4.86. The van der Waals surface area contributed by atoms with Crippen LogP contribution in [0, 0.1) is 0 Å². The zero-order chi connectivity index (χ0) is 5.98. The summed E-state index contributed by atoms with van der Waals surface area (Å²) in [7, 11) is 0. The van der Waals surface area contributed by atoms with Gasteiger partial charge in [-0.2, -0.15) is 0 Å². The molecular weight excluding hydrogens is 125 g/mol. The zero-order valence-corrected chi connectivity index (χ0v) is 5.67. The van der Waals surface area contributed by atoms with Gasteiger partial charge < -0.3 is 5.32 Å². The quantitative estimate of drug-likeness (QED) is 0.576. The van der Waals surface area contributed by atoms with Gasteiger partial charge in [0.25, 0.3) is 0 Å². The molecule has 3 heteroatoms. The molecule has 8 heavy (non-hydrogen) atoms. The van der Waals surface area contributed by atoms with Crippen molar-refractivity contribution in [2.45, 2.75) is 19.1 Å². The van der Waals surface area contributed by atoms with Crippen molar-refractivity contribution in [3.8, 4) is 0 Å². The van der Waals surface area contributed by atoms with Crippen LogP contribution >= 0.6 is 11.8 Å². The first-order valence-electron chi connectivity index (χ1n) is 2.76. The molecule has 0 aromatic heterocycles. The highest BCUT2D eigenvalue weighted by Crippen LogP contribution is 2.13. The third-order valence-corrected chi connectivity index (χ3v) is 2.27. The lowest BCUT2D eigenvalue weighted by Gasteiger charge is -2.08. The molecule has 1 aliphatic rings. The van der Waals surface area contributed by atoms with E-state index in [-0.39, 0.29) is 6.04 Å². The molecule has 0 aromatic carbocycles. The Morgan fingerprint density at radius 3 is 2.88 bits per heavy atom. The lowest BCUT2D eigenvalue weighted by atomic mass is 10.2. The van der Waals surface area contributed by atoms with Crippen LogP contribution in [-0.2, 0) is 0 Å². The summed E-state index contributed by atoms with van der Waals surface area (Å²) >= 11 is 1.76. The molecule has 1 heterocycles. The fourth-order valence-corrected chi connectivity index (χ4v) is 1.79. The Morgan fingerprint density at radius 2 is 2.62 bits per heavy atom.